The second-order valence-corrected chi connectivity index (χ2v) is 4.23. The number of H-pyrrole nitrogens is 1. The summed E-state index contributed by atoms with van der Waals surface area (Å²) in [4.78, 5) is 34.5. The fourth-order valence-electron chi connectivity index (χ4n) is 1.89. The van der Waals surface area contributed by atoms with Gasteiger partial charge in [-0.2, -0.15) is 0 Å². The van der Waals surface area contributed by atoms with Gasteiger partial charge in [-0.05, 0) is 29.5 Å². The molecule has 0 unspecified atom stereocenters. The third kappa shape index (κ3) is 2.92. The number of carbonyl (C=O) groups is 1. The van der Waals surface area contributed by atoms with Crippen LogP contribution in [0.4, 0.5) is 11.5 Å². The Morgan fingerprint density at radius 3 is 2.32 bits per heavy atom. The van der Waals surface area contributed by atoms with Gasteiger partial charge in [0.15, 0.2) is 0 Å². The van der Waals surface area contributed by atoms with Crippen molar-refractivity contribution in [3.63, 3.8) is 0 Å². The molecule has 1 N–H and O–H groups in total. The Hall–Kier alpha value is -3.23. The van der Waals surface area contributed by atoms with Crippen LogP contribution in [0, 0.1) is 20.2 Å². The third-order valence-electron chi connectivity index (χ3n) is 2.86. The molecule has 22 heavy (non-hydrogen) atoms. The van der Waals surface area contributed by atoms with E-state index in [0.717, 1.165) is 0 Å². The number of ether oxygens (including phenoxy) is 1. The highest BCUT2D eigenvalue weighted by atomic mass is 16.6. The van der Waals surface area contributed by atoms with Gasteiger partial charge in [0, 0.05) is 18.2 Å². The minimum atomic E-state index is -0.709. The summed E-state index contributed by atoms with van der Waals surface area (Å²) < 4.78 is 4.78. The first-order valence-corrected chi connectivity index (χ1v) is 6.23. The molecule has 114 valence electrons. The standard InChI is InChI=1S/C13H11N3O6/c1-2-22-13(17)11-7-10(12(14-11)16(20)21)8-3-5-9(6-4-8)15(18)19/h3-7,14H,2H2,1H3. The molecule has 2 rings (SSSR count). The normalized spacial score (nSPS) is 10.2. The average molecular weight is 305 g/mol. The lowest BCUT2D eigenvalue weighted by Gasteiger charge is -1.98. The summed E-state index contributed by atoms with van der Waals surface area (Å²) in [5, 5.41) is 21.7. The van der Waals surface area contributed by atoms with E-state index in [1.165, 1.54) is 30.3 Å². The van der Waals surface area contributed by atoms with Crippen molar-refractivity contribution < 1.29 is 19.4 Å². The summed E-state index contributed by atoms with van der Waals surface area (Å²) in [6, 6.07) is 6.51. The van der Waals surface area contributed by atoms with Crippen LogP contribution in [-0.2, 0) is 4.74 Å². The van der Waals surface area contributed by atoms with Gasteiger partial charge in [0.2, 0.25) is 5.69 Å². The third-order valence-corrected chi connectivity index (χ3v) is 2.86. The van der Waals surface area contributed by atoms with Crippen LogP contribution < -0.4 is 0 Å². The Kier molecular flexibility index (Phi) is 4.16. The van der Waals surface area contributed by atoms with Crippen molar-refractivity contribution in [3.8, 4) is 11.1 Å². The Labute approximate surface area is 123 Å². The van der Waals surface area contributed by atoms with Crippen molar-refractivity contribution in [2.45, 2.75) is 6.92 Å². The fourth-order valence-corrected chi connectivity index (χ4v) is 1.89. The summed E-state index contributed by atoms with van der Waals surface area (Å²) in [7, 11) is 0. The zero-order valence-electron chi connectivity index (χ0n) is 11.4. The lowest BCUT2D eigenvalue weighted by molar-refractivity contribution is -0.388. The molecular formula is C13H11N3O6. The highest BCUT2D eigenvalue weighted by Gasteiger charge is 2.24. The molecule has 0 saturated carbocycles. The van der Waals surface area contributed by atoms with Crippen LogP contribution >= 0.6 is 0 Å². The maximum absolute atomic E-state index is 11.6. The SMILES string of the molecule is CCOC(=O)c1cc(-c2ccc([N+](=O)[O-])cc2)c([N+](=O)[O-])[nH]1. The molecule has 9 nitrogen and oxygen atoms in total. The number of rotatable bonds is 5. The number of nitro benzene ring substituents is 1. The predicted octanol–water partition coefficient (Wildman–Crippen LogP) is 2.67. The largest absolute Gasteiger partial charge is 0.460 e. The van der Waals surface area contributed by atoms with Gasteiger partial charge in [-0.25, -0.2) is 9.78 Å². The summed E-state index contributed by atoms with van der Waals surface area (Å²) in [5.74, 6) is -1.09. The number of nitro groups is 2. The maximum Gasteiger partial charge on any atom is 0.378 e. The van der Waals surface area contributed by atoms with Crippen molar-refractivity contribution >= 4 is 17.5 Å². The van der Waals surface area contributed by atoms with E-state index in [0.29, 0.717) is 5.56 Å². The van der Waals surface area contributed by atoms with E-state index in [9.17, 15) is 25.0 Å². The molecule has 0 fully saturated rings. The van der Waals surface area contributed by atoms with Crippen molar-refractivity contribution in [2.24, 2.45) is 0 Å². The summed E-state index contributed by atoms with van der Waals surface area (Å²) in [6.45, 7) is 1.75. The van der Waals surface area contributed by atoms with Gasteiger partial charge < -0.3 is 14.9 Å². The van der Waals surface area contributed by atoms with Gasteiger partial charge in [-0.1, -0.05) is 0 Å². The Bertz CT molecular complexity index is 735. The van der Waals surface area contributed by atoms with E-state index in [1.807, 2.05) is 0 Å². The molecular weight excluding hydrogens is 294 g/mol. The lowest BCUT2D eigenvalue weighted by Crippen LogP contribution is -2.04. The van der Waals surface area contributed by atoms with Crippen molar-refractivity contribution in [1.29, 1.82) is 0 Å². The number of nitrogens with one attached hydrogen (secondary N) is 1. The Balaban J connectivity index is 2.46. The predicted molar refractivity (Wildman–Crippen MR) is 75.5 cm³/mol. The Morgan fingerprint density at radius 1 is 1.18 bits per heavy atom. The Morgan fingerprint density at radius 2 is 1.82 bits per heavy atom. The molecule has 0 amide bonds. The monoisotopic (exact) mass is 305 g/mol. The first-order valence-electron chi connectivity index (χ1n) is 6.23. The van der Waals surface area contributed by atoms with E-state index in [-0.39, 0.29) is 29.4 Å². The number of carbonyl (C=O) groups excluding carboxylic acids is 1. The van der Waals surface area contributed by atoms with Gasteiger partial charge in [0.1, 0.15) is 0 Å². The van der Waals surface area contributed by atoms with Crippen LogP contribution in [0.25, 0.3) is 11.1 Å². The van der Waals surface area contributed by atoms with Crippen LogP contribution in [0.1, 0.15) is 17.4 Å². The minimum absolute atomic E-state index is 0.0538. The first kappa shape index (κ1) is 15.2. The summed E-state index contributed by atoms with van der Waals surface area (Å²) in [5.41, 5.74) is 0.349. The van der Waals surface area contributed by atoms with E-state index < -0.39 is 15.8 Å². The number of aromatic amines is 1. The number of hydrogen-bond acceptors (Lipinski definition) is 6. The summed E-state index contributed by atoms with van der Waals surface area (Å²) in [6.07, 6.45) is 0. The minimum Gasteiger partial charge on any atom is -0.460 e. The van der Waals surface area contributed by atoms with E-state index >= 15 is 0 Å². The molecule has 9 heteroatoms. The summed E-state index contributed by atoms with van der Waals surface area (Å²) >= 11 is 0. The molecule has 1 heterocycles. The van der Waals surface area contributed by atoms with Gasteiger partial charge >= 0.3 is 11.8 Å². The quantitative estimate of drug-likeness (QED) is 0.513. The van der Waals surface area contributed by atoms with Crippen LogP contribution in [-0.4, -0.2) is 27.4 Å². The zero-order valence-corrected chi connectivity index (χ0v) is 11.4. The fraction of sp³-hybridized carbons (Fsp3) is 0.154. The number of hydrogen-bond donors (Lipinski definition) is 1. The lowest BCUT2D eigenvalue weighted by atomic mass is 10.1. The van der Waals surface area contributed by atoms with E-state index in [2.05, 4.69) is 4.98 Å². The van der Waals surface area contributed by atoms with Crippen molar-refractivity contribution in [1.82, 2.24) is 4.98 Å². The number of benzene rings is 1. The molecule has 0 bridgehead atoms. The number of nitrogens with zero attached hydrogens (tertiary/aromatic N) is 2. The molecule has 0 aliphatic rings. The molecule has 1 aromatic heterocycles. The van der Waals surface area contributed by atoms with E-state index in [4.69, 9.17) is 4.74 Å². The molecule has 1 aromatic carbocycles. The van der Waals surface area contributed by atoms with E-state index in [1.54, 1.807) is 6.92 Å². The van der Waals surface area contributed by atoms with Gasteiger partial charge in [0.05, 0.1) is 17.1 Å². The molecule has 0 aliphatic carbocycles. The van der Waals surface area contributed by atoms with Crippen LogP contribution in [0.15, 0.2) is 30.3 Å². The molecule has 0 aliphatic heterocycles. The molecule has 2 aromatic rings. The second-order valence-electron chi connectivity index (χ2n) is 4.23. The van der Waals surface area contributed by atoms with Gasteiger partial charge in [0.25, 0.3) is 5.69 Å². The molecule has 0 radical (unpaired) electrons. The number of esters is 1. The highest BCUT2D eigenvalue weighted by Crippen LogP contribution is 2.31. The number of non-ortho nitro benzene ring substituents is 1. The van der Waals surface area contributed by atoms with Gasteiger partial charge in [-0.15, -0.1) is 0 Å². The topological polar surface area (TPSA) is 128 Å². The second kappa shape index (κ2) is 6.04. The average Bonchev–Trinajstić information content (AvgIpc) is 2.93. The van der Waals surface area contributed by atoms with Crippen LogP contribution in [0.3, 0.4) is 0 Å². The zero-order chi connectivity index (χ0) is 16.3. The molecule has 0 saturated heterocycles. The smallest absolute Gasteiger partial charge is 0.378 e. The van der Waals surface area contributed by atoms with Crippen LogP contribution in [0.5, 0.6) is 0 Å². The maximum atomic E-state index is 11.6. The first-order chi connectivity index (χ1) is 10.4. The molecule has 0 spiro atoms. The van der Waals surface area contributed by atoms with Gasteiger partial charge in [-0.3, -0.25) is 10.1 Å². The van der Waals surface area contributed by atoms with Crippen molar-refractivity contribution in [2.75, 3.05) is 6.61 Å². The van der Waals surface area contributed by atoms with Crippen LogP contribution in [0.2, 0.25) is 0 Å². The highest BCUT2D eigenvalue weighted by molar-refractivity contribution is 5.91. The molecule has 0 atom stereocenters. The van der Waals surface area contributed by atoms with Crippen molar-refractivity contribution in [3.05, 3.63) is 56.3 Å². The number of aromatic nitrogens is 1.